The molecule has 0 atom stereocenters. The zero-order valence-corrected chi connectivity index (χ0v) is 9.64. The molecule has 1 heterocycles. The summed E-state index contributed by atoms with van der Waals surface area (Å²) in [6.45, 7) is 1.87. The van der Waals surface area contributed by atoms with Gasteiger partial charge in [0.25, 0.3) is 0 Å². The van der Waals surface area contributed by atoms with Crippen LogP contribution in [0.3, 0.4) is 0 Å². The predicted molar refractivity (Wildman–Crippen MR) is 53.8 cm³/mol. The maximum Gasteiger partial charge on any atom is 0.367 e. The summed E-state index contributed by atoms with van der Waals surface area (Å²) in [6.07, 6.45) is 1.29. The molecule has 15 heavy (non-hydrogen) atoms. The fourth-order valence-corrected chi connectivity index (χ4v) is 3.26. The lowest BCUT2D eigenvalue weighted by atomic mass is 10.4. The van der Waals surface area contributed by atoms with Crippen LogP contribution in [-0.4, -0.2) is 35.4 Å². The minimum atomic E-state index is -3.45. The van der Waals surface area contributed by atoms with Gasteiger partial charge in [-0.15, -0.1) is 10.2 Å². The second-order valence-corrected chi connectivity index (χ2v) is 6.11. The first kappa shape index (κ1) is 12.1. The molecule has 0 aromatic carbocycles. The maximum absolute atomic E-state index is 11.5. The van der Waals surface area contributed by atoms with E-state index >= 15 is 0 Å². The molecule has 0 radical (unpaired) electrons. The lowest BCUT2D eigenvalue weighted by molar-refractivity contribution is 0.0695. The first-order valence-electron chi connectivity index (χ1n) is 4.27. The third-order valence-electron chi connectivity index (χ3n) is 1.62. The largest absolute Gasteiger partial charge is 0.476 e. The summed E-state index contributed by atoms with van der Waals surface area (Å²) >= 11 is 0.589. The second kappa shape index (κ2) is 4.67. The van der Waals surface area contributed by atoms with Gasteiger partial charge in [-0.05, 0) is 6.42 Å². The third-order valence-corrected chi connectivity index (χ3v) is 4.78. The van der Waals surface area contributed by atoms with Crippen LogP contribution < -0.4 is 0 Å². The molecular weight excluding hydrogens is 240 g/mol. The zero-order chi connectivity index (χ0) is 11.5. The average molecular weight is 250 g/mol. The van der Waals surface area contributed by atoms with Gasteiger partial charge in [0.2, 0.25) is 19.2 Å². The van der Waals surface area contributed by atoms with Gasteiger partial charge in [0.05, 0.1) is 5.75 Å². The highest BCUT2D eigenvalue weighted by Crippen LogP contribution is 2.17. The number of hydrogen-bond donors (Lipinski definition) is 1. The van der Waals surface area contributed by atoms with Gasteiger partial charge < -0.3 is 5.11 Å². The van der Waals surface area contributed by atoms with Crippen molar-refractivity contribution in [2.75, 3.05) is 5.75 Å². The summed E-state index contributed by atoms with van der Waals surface area (Å²) in [5.74, 6) is -1.28. The van der Waals surface area contributed by atoms with Crippen LogP contribution in [0.25, 0.3) is 0 Å². The molecule has 0 amide bonds. The Labute approximate surface area is 90.9 Å². The van der Waals surface area contributed by atoms with Crippen molar-refractivity contribution in [3.05, 3.63) is 5.01 Å². The zero-order valence-electron chi connectivity index (χ0n) is 8.00. The van der Waals surface area contributed by atoms with E-state index in [1.54, 1.807) is 0 Å². The van der Waals surface area contributed by atoms with Crippen molar-refractivity contribution in [2.24, 2.45) is 0 Å². The standard InChI is InChI=1S/C7H10N2O4S2/c1-2-3-4-15(12,13)7-9-8-5(14-7)6(10)11/h2-4H2,1H3,(H,10,11). The van der Waals surface area contributed by atoms with E-state index in [0.29, 0.717) is 17.8 Å². The van der Waals surface area contributed by atoms with E-state index in [2.05, 4.69) is 10.2 Å². The summed E-state index contributed by atoms with van der Waals surface area (Å²) < 4.78 is 22.9. The van der Waals surface area contributed by atoms with E-state index < -0.39 is 15.8 Å². The molecule has 1 aromatic rings. The number of unbranched alkanes of at least 4 members (excludes halogenated alkanes) is 1. The summed E-state index contributed by atoms with van der Waals surface area (Å²) in [5, 5.41) is 14.9. The molecule has 84 valence electrons. The smallest absolute Gasteiger partial charge is 0.367 e. The van der Waals surface area contributed by atoms with Crippen molar-refractivity contribution in [3.8, 4) is 0 Å². The van der Waals surface area contributed by atoms with Crippen molar-refractivity contribution in [1.29, 1.82) is 0 Å². The minimum absolute atomic E-state index is 0.0161. The van der Waals surface area contributed by atoms with E-state index in [-0.39, 0.29) is 15.1 Å². The average Bonchev–Trinajstić information content (AvgIpc) is 2.64. The molecule has 8 heteroatoms. The van der Waals surface area contributed by atoms with Crippen molar-refractivity contribution < 1.29 is 18.3 Å². The Morgan fingerprint density at radius 3 is 2.60 bits per heavy atom. The molecule has 0 saturated carbocycles. The molecular formula is C7H10N2O4S2. The number of carboxylic acid groups (broad SMARTS) is 1. The van der Waals surface area contributed by atoms with Crippen LogP contribution in [0.1, 0.15) is 29.6 Å². The molecule has 1 rings (SSSR count). The summed E-state index contributed by atoms with van der Waals surface area (Å²) in [6, 6.07) is 0. The second-order valence-electron chi connectivity index (χ2n) is 2.85. The monoisotopic (exact) mass is 250 g/mol. The molecule has 0 aliphatic rings. The first-order chi connectivity index (χ1) is 6.97. The van der Waals surface area contributed by atoms with Crippen LogP contribution in [0.15, 0.2) is 4.34 Å². The molecule has 0 spiro atoms. The van der Waals surface area contributed by atoms with Gasteiger partial charge in [-0.1, -0.05) is 24.7 Å². The highest BCUT2D eigenvalue weighted by Gasteiger charge is 2.21. The third kappa shape index (κ3) is 2.96. The molecule has 0 unspecified atom stereocenters. The summed E-state index contributed by atoms with van der Waals surface area (Å²) in [5.41, 5.74) is 0. The molecule has 0 fully saturated rings. The fourth-order valence-electron chi connectivity index (χ4n) is 0.844. The molecule has 6 nitrogen and oxygen atoms in total. The SMILES string of the molecule is CCCCS(=O)(=O)c1nnc(C(=O)O)s1. The number of aromatic nitrogens is 2. The Morgan fingerprint density at radius 1 is 1.47 bits per heavy atom. The van der Waals surface area contributed by atoms with Gasteiger partial charge in [-0.2, -0.15) is 0 Å². The highest BCUT2D eigenvalue weighted by atomic mass is 32.2. The molecule has 0 aliphatic heterocycles. The Morgan fingerprint density at radius 2 is 2.13 bits per heavy atom. The molecule has 0 bridgehead atoms. The van der Waals surface area contributed by atoms with E-state index in [1.807, 2.05) is 6.92 Å². The van der Waals surface area contributed by atoms with E-state index in [0.717, 1.165) is 6.42 Å². The van der Waals surface area contributed by atoms with Crippen molar-refractivity contribution >= 4 is 27.1 Å². The van der Waals surface area contributed by atoms with Crippen LogP contribution in [0.5, 0.6) is 0 Å². The van der Waals surface area contributed by atoms with Gasteiger partial charge >= 0.3 is 5.97 Å². The Bertz CT molecular complexity index is 451. The van der Waals surface area contributed by atoms with Crippen LogP contribution in [0, 0.1) is 0 Å². The molecule has 0 aliphatic carbocycles. The van der Waals surface area contributed by atoms with E-state index in [9.17, 15) is 13.2 Å². The fraction of sp³-hybridized carbons (Fsp3) is 0.571. The summed E-state index contributed by atoms with van der Waals surface area (Å²) in [4.78, 5) is 10.5. The predicted octanol–water partition coefficient (Wildman–Crippen LogP) is 0.810. The molecule has 1 aromatic heterocycles. The van der Waals surface area contributed by atoms with Gasteiger partial charge in [0.1, 0.15) is 0 Å². The van der Waals surface area contributed by atoms with Crippen LogP contribution >= 0.6 is 11.3 Å². The number of carbonyl (C=O) groups is 1. The van der Waals surface area contributed by atoms with E-state index in [1.165, 1.54) is 0 Å². The van der Waals surface area contributed by atoms with Crippen LogP contribution in [-0.2, 0) is 9.84 Å². The van der Waals surface area contributed by atoms with Crippen molar-refractivity contribution in [2.45, 2.75) is 24.1 Å². The number of rotatable bonds is 5. The number of sulfone groups is 1. The Balaban J connectivity index is 2.91. The van der Waals surface area contributed by atoms with Gasteiger partial charge in [0, 0.05) is 0 Å². The van der Waals surface area contributed by atoms with Gasteiger partial charge in [0.15, 0.2) is 0 Å². The van der Waals surface area contributed by atoms with Gasteiger partial charge in [-0.3, -0.25) is 0 Å². The molecule has 0 saturated heterocycles. The Kier molecular flexibility index (Phi) is 3.75. The number of nitrogens with zero attached hydrogens (tertiary/aromatic N) is 2. The van der Waals surface area contributed by atoms with Gasteiger partial charge in [-0.25, -0.2) is 13.2 Å². The van der Waals surface area contributed by atoms with Crippen LogP contribution in [0.2, 0.25) is 0 Å². The quantitative estimate of drug-likeness (QED) is 0.830. The topological polar surface area (TPSA) is 97.2 Å². The number of aromatic carboxylic acids is 1. The van der Waals surface area contributed by atoms with E-state index in [4.69, 9.17) is 5.11 Å². The van der Waals surface area contributed by atoms with Crippen molar-refractivity contribution in [1.82, 2.24) is 10.2 Å². The number of carboxylic acids is 1. The van der Waals surface area contributed by atoms with Crippen LogP contribution in [0.4, 0.5) is 0 Å². The maximum atomic E-state index is 11.5. The highest BCUT2D eigenvalue weighted by molar-refractivity contribution is 7.93. The van der Waals surface area contributed by atoms with Crippen molar-refractivity contribution in [3.63, 3.8) is 0 Å². The minimum Gasteiger partial charge on any atom is -0.476 e. The normalized spacial score (nSPS) is 11.5. The Hall–Kier alpha value is -1.02. The summed E-state index contributed by atoms with van der Waals surface area (Å²) in [7, 11) is -3.45. The first-order valence-corrected chi connectivity index (χ1v) is 6.74. The lowest BCUT2D eigenvalue weighted by Gasteiger charge is -1.96. The lowest BCUT2D eigenvalue weighted by Crippen LogP contribution is -2.06. The number of hydrogen-bond acceptors (Lipinski definition) is 6. The molecule has 1 N–H and O–H groups in total.